The SMILES string of the molecule is CCCCC(Sc1ccccn1)C(=O)OC. The van der Waals surface area contributed by atoms with Crippen molar-refractivity contribution < 1.29 is 9.53 Å². The summed E-state index contributed by atoms with van der Waals surface area (Å²) in [5.74, 6) is -0.163. The van der Waals surface area contributed by atoms with Crippen LogP contribution in [0, 0.1) is 0 Å². The number of aromatic nitrogens is 1. The Morgan fingerprint density at radius 2 is 2.38 bits per heavy atom. The largest absolute Gasteiger partial charge is 0.468 e. The Bertz CT molecular complexity index is 316. The van der Waals surface area contributed by atoms with E-state index in [1.165, 1.54) is 18.9 Å². The Hall–Kier alpha value is -1.03. The zero-order valence-electron chi connectivity index (χ0n) is 9.68. The smallest absolute Gasteiger partial charge is 0.319 e. The second-order valence-corrected chi connectivity index (χ2v) is 4.66. The number of nitrogens with zero attached hydrogens (tertiary/aromatic N) is 1. The molecule has 1 aromatic heterocycles. The van der Waals surface area contributed by atoms with Gasteiger partial charge >= 0.3 is 5.97 Å². The summed E-state index contributed by atoms with van der Waals surface area (Å²) in [6, 6.07) is 5.69. The molecule has 0 fully saturated rings. The van der Waals surface area contributed by atoms with Gasteiger partial charge in [-0.15, -0.1) is 0 Å². The summed E-state index contributed by atoms with van der Waals surface area (Å²) < 4.78 is 4.79. The Labute approximate surface area is 101 Å². The Kier molecular flexibility index (Phi) is 5.93. The average Bonchev–Trinajstić information content (AvgIpc) is 2.34. The third kappa shape index (κ3) is 4.23. The number of thioether (sulfide) groups is 1. The minimum Gasteiger partial charge on any atom is -0.468 e. The summed E-state index contributed by atoms with van der Waals surface area (Å²) in [5.41, 5.74) is 0. The van der Waals surface area contributed by atoms with Crippen LogP contribution in [-0.4, -0.2) is 23.3 Å². The highest BCUT2D eigenvalue weighted by molar-refractivity contribution is 8.00. The molecule has 16 heavy (non-hydrogen) atoms. The van der Waals surface area contributed by atoms with E-state index in [4.69, 9.17) is 4.74 Å². The summed E-state index contributed by atoms with van der Waals surface area (Å²) in [5, 5.41) is 0.730. The number of carbonyl (C=O) groups excluding carboxylic acids is 1. The lowest BCUT2D eigenvalue weighted by molar-refractivity contribution is -0.140. The van der Waals surface area contributed by atoms with Crippen molar-refractivity contribution in [1.82, 2.24) is 4.98 Å². The zero-order chi connectivity index (χ0) is 11.8. The molecule has 1 atom stereocenters. The third-order valence-corrected chi connectivity index (χ3v) is 3.38. The minimum atomic E-state index is -0.163. The highest BCUT2D eigenvalue weighted by Gasteiger charge is 2.20. The van der Waals surface area contributed by atoms with Crippen molar-refractivity contribution in [2.75, 3.05) is 7.11 Å². The third-order valence-electron chi connectivity index (χ3n) is 2.18. The van der Waals surface area contributed by atoms with Gasteiger partial charge < -0.3 is 4.74 Å². The van der Waals surface area contributed by atoms with Crippen molar-refractivity contribution in [2.24, 2.45) is 0 Å². The maximum absolute atomic E-state index is 11.6. The molecule has 0 bridgehead atoms. The molecule has 0 aliphatic carbocycles. The minimum absolute atomic E-state index is 0.139. The molecule has 0 spiro atoms. The van der Waals surface area contributed by atoms with Crippen molar-refractivity contribution >= 4 is 17.7 Å². The molecule has 1 heterocycles. The van der Waals surface area contributed by atoms with E-state index in [1.807, 2.05) is 18.2 Å². The summed E-state index contributed by atoms with van der Waals surface area (Å²) in [7, 11) is 1.43. The van der Waals surface area contributed by atoms with Gasteiger partial charge in [-0.25, -0.2) is 4.98 Å². The van der Waals surface area contributed by atoms with Crippen LogP contribution < -0.4 is 0 Å². The molecule has 0 aliphatic heterocycles. The Morgan fingerprint density at radius 1 is 1.56 bits per heavy atom. The molecule has 0 amide bonds. The van der Waals surface area contributed by atoms with E-state index in [2.05, 4.69) is 11.9 Å². The van der Waals surface area contributed by atoms with Crippen LogP contribution in [0.25, 0.3) is 0 Å². The van der Waals surface area contributed by atoms with Crippen LogP contribution in [-0.2, 0) is 9.53 Å². The molecule has 88 valence electrons. The molecule has 0 aromatic carbocycles. The first-order chi connectivity index (χ1) is 7.77. The predicted octanol–water partition coefficient (Wildman–Crippen LogP) is 2.91. The van der Waals surface area contributed by atoms with Crippen LogP contribution >= 0.6 is 11.8 Å². The molecule has 0 saturated carbocycles. The van der Waals surface area contributed by atoms with Gasteiger partial charge in [0.25, 0.3) is 0 Å². The number of rotatable bonds is 6. The predicted molar refractivity (Wildman–Crippen MR) is 65.4 cm³/mol. The molecule has 4 heteroatoms. The van der Waals surface area contributed by atoms with E-state index in [0.717, 1.165) is 24.3 Å². The molecule has 1 rings (SSSR count). The summed E-state index contributed by atoms with van der Waals surface area (Å²) in [4.78, 5) is 15.7. The first-order valence-corrected chi connectivity index (χ1v) is 6.31. The number of hydrogen-bond donors (Lipinski definition) is 0. The van der Waals surface area contributed by atoms with Crippen LogP contribution in [0.3, 0.4) is 0 Å². The molecule has 3 nitrogen and oxygen atoms in total. The van der Waals surface area contributed by atoms with Crippen molar-refractivity contribution in [3.05, 3.63) is 24.4 Å². The van der Waals surface area contributed by atoms with Crippen LogP contribution in [0.2, 0.25) is 0 Å². The van der Waals surface area contributed by atoms with Gasteiger partial charge in [0, 0.05) is 6.20 Å². The molecule has 0 saturated heterocycles. The Balaban J connectivity index is 2.59. The lowest BCUT2D eigenvalue weighted by atomic mass is 10.2. The lowest BCUT2D eigenvalue weighted by Crippen LogP contribution is -2.18. The number of methoxy groups -OCH3 is 1. The van der Waals surface area contributed by atoms with Crippen LogP contribution in [0.4, 0.5) is 0 Å². The van der Waals surface area contributed by atoms with Gasteiger partial charge in [-0.2, -0.15) is 0 Å². The highest BCUT2D eigenvalue weighted by atomic mass is 32.2. The standard InChI is InChI=1S/C12H17NO2S/c1-3-4-7-10(12(14)15-2)16-11-8-5-6-9-13-11/h5-6,8-10H,3-4,7H2,1-2H3. The van der Waals surface area contributed by atoms with Gasteiger partial charge in [0.05, 0.1) is 12.1 Å². The molecular weight excluding hydrogens is 222 g/mol. The van der Waals surface area contributed by atoms with E-state index in [1.54, 1.807) is 6.20 Å². The quantitative estimate of drug-likeness (QED) is 0.565. The number of pyridine rings is 1. The van der Waals surface area contributed by atoms with Crippen molar-refractivity contribution in [2.45, 2.75) is 36.5 Å². The number of ether oxygens (including phenoxy) is 1. The van der Waals surface area contributed by atoms with Crippen molar-refractivity contribution in [1.29, 1.82) is 0 Å². The lowest BCUT2D eigenvalue weighted by Gasteiger charge is -2.12. The summed E-state index contributed by atoms with van der Waals surface area (Å²) >= 11 is 1.48. The normalized spacial score (nSPS) is 12.1. The molecule has 0 radical (unpaired) electrons. The maximum Gasteiger partial charge on any atom is 0.319 e. The van der Waals surface area contributed by atoms with Gasteiger partial charge in [-0.3, -0.25) is 4.79 Å². The second kappa shape index (κ2) is 7.28. The van der Waals surface area contributed by atoms with E-state index >= 15 is 0 Å². The van der Waals surface area contributed by atoms with Crippen molar-refractivity contribution in [3.63, 3.8) is 0 Å². The molecule has 0 aliphatic rings. The highest BCUT2D eigenvalue weighted by Crippen LogP contribution is 2.25. The van der Waals surface area contributed by atoms with E-state index in [-0.39, 0.29) is 11.2 Å². The topological polar surface area (TPSA) is 39.2 Å². The summed E-state index contributed by atoms with van der Waals surface area (Å²) in [6.07, 6.45) is 4.68. The van der Waals surface area contributed by atoms with Crippen LogP contribution in [0.1, 0.15) is 26.2 Å². The zero-order valence-corrected chi connectivity index (χ0v) is 10.5. The van der Waals surface area contributed by atoms with Crippen LogP contribution in [0.15, 0.2) is 29.4 Å². The summed E-state index contributed by atoms with van der Waals surface area (Å²) in [6.45, 7) is 2.11. The van der Waals surface area contributed by atoms with Gasteiger partial charge in [-0.05, 0) is 18.6 Å². The van der Waals surface area contributed by atoms with Crippen molar-refractivity contribution in [3.8, 4) is 0 Å². The average molecular weight is 239 g/mol. The Morgan fingerprint density at radius 3 is 2.94 bits per heavy atom. The van der Waals surface area contributed by atoms with Gasteiger partial charge in [0.15, 0.2) is 0 Å². The molecule has 1 aromatic rings. The number of unbranched alkanes of at least 4 members (excludes halogenated alkanes) is 1. The fourth-order valence-corrected chi connectivity index (χ4v) is 2.36. The van der Waals surface area contributed by atoms with E-state index in [9.17, 15) is 4.79 Å². The first-order valence-electron chi connectivity index (χ1n) is 5.43. The molecule has 0 N–H and O–H groups in total. The monoisotopic (exact) mass is 239 g/mol. The number of hydrogen-bond acceptors (Lipinski definition) is 4. The second-order valence-electron chi connectivity index (χ2n) is 3.44. The van der Waals surface area contributed by atoms with Gasteiger partial charge in [0.2, 0.25) is 0 Å². The first kappa shape index (κ1) is 13.0. The maximum atomic E-state index is 11.6. The number of carbonyl (C=O) groups is 1. The van der Waals surface area contributed by atoms with E-state index in [0.29, 0.717) is 0 Å². The number of esters is 1. The fraction of sp³-hybridized carbons (Fsp3) is 0.500. The van der Waals surface area contributed by atoms with Gasteiger partial charge in [0.1, 0.15) is 5.25 Å². The van der Waals surface area contributed by atoms with Gasteiger partial charge in [-0.1, -0.05) is 37.6 Å². The van der Waals surface area contributed by atoms with Crippen LogP contribution in [0.5, 0.6) is 0 Å². The molecular formula is C12H17NO2S. The fourth-order valence-electron chi connectivity index (χ4n) is 1.31. The molecule has 1 unspecified atom stereocenters. The van der Waals surface area contributed by atoms with E-state index < -0.39 is 0 Å².